The second kappa shape index (κ2) is 4.18. The fourth-order valence-corrected chi connectivity index (χ4v) is 1.48. The van der Waals surface area contributed by atoms with Crippen LogP contribution in [0, 0.1) is 19.9 Å². The van der Waals surface area contributed by atoms with Gasteiger partial charge in [0.1, 0.15) is 0 Å². The summed E-state index contributed by atoms with van der Waals surface area (Å²) in [5.41, 5.74) is 4.69. The highest BCUT2D eigenvalue weighted by atomic mass is 14.9. The summed E-state index contributed by atoms with van der Waals surface area (Å²) in [6.45, 7) is 4.22. The molecule has 15 heavy (non-hydrogen) atoms. The van der Waals surface area contributed by atoms with Crippen molar-refractivity contribution in [3.8, 4) is 0 Å². The Morgan fingerprint density at radius 2 is 1.73 bits per heavy atom. The molecule has 0 saturated carbocycles. The second-order valence-electron chi connectivity index (χ2n) is 3.65. The maximum atomic E-state index is 3.36. The lowest BCUT2D eigenvalue weighted by Gasteiger charge is -2.10. The molecule has 0 spiro atoms. The Morgan fingerprint density at radius 1 is 1.00 bits per heavy atom. The highest BCUT2D eigenvalue weighted by Gasteiger charge is 2.00. The number of aryl methyl sites for hydroxylation is 1. The van der Waals surface area contributed by atoms with Gasteiger partial charge in [0.25, 0.3) is 0 Å². The first-order valence-electron chi connectivity index (χ1n) is 5.07. The lowest BCUT2D eigenvalue weighted by atomic mass is 10.1. The average Bonchev–Trinajstić information content (AvgIpc) is 2.26. The molecular weight excluding hydrogens is 182 g/mol. The molecule has 0 saturated heterocycles. The molecule has 0 bridgehead atoms. The van der Waals surface area contributed by atoms with Crippen LogP contribution in [0.4, 0.5) is 11.4 Å². The van der Waals surface area contributed by atoms with E-state index in [9.17, 15) is 0 Å². The van der Waals surface area contributed by atoms with E-state index >= 15 is 0 Å². The monoisotopic (exact) mass is 196 g/mol. The van der Waals surface area contributed by atoms with Crippen LogP contribution in [-0.4, -0.2) is 0 Å². The highest BCUT2D eigenvalue weighted by molar-refractivity contribution is 5.63. The van der Waals surface area contributed by atoms with E-state index in [-0.39, 0.29) is 0 Å². The van der Waals surface area contributed by atoms with Gasteiger partial charge in [-0.25, -0.2) is 0 Å². The summed E-state index contributed by atoms with van der Waals surface area (Å²) in [7, 11) is 0. The maximum absolute atomic E-state index is 3.36. The number of hydrogen-bond acceptors (Lipinski definition) is 1. The molecule has 2 aromatic rings. The van der Waals surface area contributed by atoms with Gasteiger partial charge in [-0.2, -0.15) is 0 Å². The Balaban J connectivity index is 2.29. The number of nitrogens with one attached hydrogen (secondary N) is 1. The van der Waals surface area contributed by atoms with Crippen molar-refractivity contribution in [3.63, 3.8) is 0 Å². The highest BCUT2D eigenvalue weighted by Crippen LogP contribution is 2.21. The van der Waals surface area contributed by atoms with Gasteiger partial charge >= 0.3 is 0 Å². The molecule has 1 N–H and O–H groups in total. The minimum atomic E-state index is 1.06. The van der Waals surface area contributed by atoms with E-state index in [0.29, 0.717) is 0 Å². The number of rotatable bonds is 2. The lowest BCUT2D eigenvalue weighted by molar-refractivity contribution is 1.33. The summed E-state index contributed by atoms with van der Waals surface area (Å²) in [5.74, 6) is 0. The van der Waals surface area contributed by atoms with Crippen LogP contribution in [0.2, 0.25) is 0 Å². The van der Waals surface area contributed by atoms with Crippen molar-refractivity contribution in [1.82, 2.24) is 0 Å². The second-order valence-corrected chi connectivity index (χ2v) is 3.65. The normalized spacial score (nSPS) is 10.0. The number of anilines is 2. The van der Waals surface area contributed by atoms with Crippen LogP contribution in [0.15, 0.2) is 42.5 Å². The molecule has 1 radical (unpaired) electrons. The van der Waals surface area contributed by atoms with Crippen molar-refractivity contribution in [3.05, 3.63) is 59.7 Å². The van der Waals surface area contributed by atoms with Crippen LogP contribution >= 0.6 is 0 Å². The molecule has 0 aromatic heterocycles. The molecule has 0 heterocycles. The lowest BCUT2D eigenvalue weighted by Crippen LogP contribution is -1.94. The van der Waals surface area contributed by atoms with E-state index < -0.39 is 0 Å². The van der Waals surface area contributed by atoms with Gasteiger partial charge in [-0.1, -0.05) is 30.3 Å². The predicted octanol–water partition coefficient (Wildman–Crippen LogP) is 3.85. The van der Waals surface area contributed by atoms with Gasteiger partial charge in [0.05, 0.1) is 0 Å². The minimum Gasteiger partial charge on any atom is -0.355 e. The average molecular weight is 196 g/mol. The fourth-order valence-electron chi connectivity index (χ4n) is 1.48. The summed E-state index contributed by atoms with van der Waals surface area (Å²) in [6, 6.07) is 17.4. The summed E-state index contributed by atoms with van der Waals surface area (Å²) in [6.07, 6.45) is 0. The van der Waals surface area contributed by atoms with Crippen LogP contribution in [0.5, 0.6) is 0 Å². The Morgan fingerprint density at radius 3 is 2.47 bits per heavy atom. The molecule has 75 valence electrons. The van der Waals surface area contributed by atoms with Crippen molar-refractivity contribution < 1.29 is 0 Å². The largest absolute Gasteiger partial charge is 0.355 e. The first-order valence-corrected chi connectivity index (χ1v) is 5.07. The molecule has 2 rings (SSSR count). The Bertz CT molecular complexity index is 446. The molecule has 1 nitrogen and oxygen atoms in total. The molecule has 0 unspecified atom stereocenters. The molecule has 2 aromatic carbocycles. The van der Waals surface area contributed by atoms with Crippen LogP contribution in [0.1, 0.15) is 11.1 Å². The predicted molar refractivity (Wildman–Crippen MR) is 64.5 cm³/mol. The van der Waals surface area contributed by atoms with E-state index in [2.05, 4.69) is 43.4 Å². The van der Waals surface area contributed by atoms with Gasteiger partial charge in [-0.3, -0.25) is 0 Å². The zero-order valence-electron chi connectivity index (χ0n) is 9.04. The summed E-state index contributed by atoms with van der Waals surface area (Å²) in [5, 5.41) is 3.36. The maximum Gasteiger partial charge on any atom is 0.0497 e. The first kappa shape index (κ1) is 9.78. The Labute approximate surface area is 90.8 Å². The van der Waals surface area contributed by atoms with Gasteiger partial charge in [-0.15, -0.1) is 0 Å². The zero-order valence-corrected chi connectivity index (χ0v) is 9.04. The van der Waals surface area contributed by atoms with E-state index in [4.69, 9.17) is 0 Å². The SMILES string of the molecule is Cc1cc[c]c(Nc2ccccc2)c1C. The third-order valence-electron chi connectivity index (χ3n) is 2.57. The molecule has 0 aliphatic carbocycles. The standard InChI is InChI=1S/C14H14N/c1-11-7-6-10-14(12(11)2)15-13-8-4-3-5-9-13/h3-9,15H,1-2H3. The fraction of sp³-hybridized carbons (Fsp3) is 0.143. The van der Waals surface area contributed by atoms with Gasteiger partial charge in [-0.05, 0) is 37.1 Å². The first-order chi connectivity index (χ1) is 7.27. The zero-order chi connectivity index (χ0) is 10.7. The quantitative estimate of drug-likeness (QED) is 0.769. The number of benzene rings is 2. The molecule has 0 fully saturated rings. The van der Waals surface area contributed by atoms with Crippen molar-refractivity contribution in [2.24, 2.45) is 0 Å². The Kier molecular flexibility index (Phi) is 2.72. The molecular formula is C14H14N. The van der Waals surface area contributed by atoms with Crippen LogP contribution in [-0.2, 0) is 0 Å². The van der Waals surface area contributed by atoms with Crippen molar-refractivity contribution in [2.75, 3.05) is 5.32 Å². The van der Waals surface area contributed by atoms with Crippen LogP contribution in [0.3, 0.4) is 0 Å². The van der Waals surface area contributed by atoms with E-state index in [1.54, 1.807) is 0 Å². The van der Waals surface area contributed by atoms with E-state index in [1.165, 1.54) is 11.1 Å². The summed E-state index contributed by atoms with van der Waals surface area (Å²) in [4.78, 5) is 0. The smallest absolute Gasteiger partial charge is 0.0497 e. The summed E-state index contributed by atoms with van der Waals surface area (Å²) >= 11 is 0. The van der Waals surface area contributed by atoms with Crippen LogP contribution < -0.4 is 5.32 Å². The van der Waals surface area contributed by atoms with E-state index in [1.807, 2.05) is 24.3 Å². The topological polar surface area (TPSA) is 12.0 Å². The van der Waals surface area contributed by atoms with Crippen molar-refractivity contribution in [1.29, 1.82) is 0 Å². The molecule has 1 heteroatoms. The Hall–Kier alpha value is -1.76. The van der Waals surface area contributed by atoms with Crippen LogP contribution in [0.25, 0.3) is 0 Å². The number of hydrogen-bond donors (Lipinski definition) is 1. The van der Waals surface area contributed by atoms with Gasteiger partial charge in [0.15, 0.2) is 0 Å². The van der Waals surface area contributed by atoms with Gasteiger partial charge < -0.3 is 5.32 Å². The van der Waals surface area contributed by atoms with Crippen molar-refractivity contribution in [2.45, 2.75) is 13.8 Å². The summed E-state index contributed by atoms with van der Waals surface area (Å²) < 4.78 is 0. The minimum absolute atomic E-state index is 1.06. The third-order valence-corrected chi connectivity index (χ3v) is 2.57. The van der Waals surface area contributed by atoms with E-state index in [0.717, 1.165) is 11.4 Å². The van der Waals surface area contributed by atoms with Gasteiger partial charge in [0, 0.05) is 17.4 Å². The molecule has 0 aliphatic rings. The molecule has 0 aliphatic heterocycles. The molecule has 0 atom stereocenters. The third kappa shape index (κ3) is 2.18. The molecule has 0 amide bonds. The number of para-hydroxylation sites is 1. The van der Waals surface area contributed by atoms with Gasteiger partial charge in [0.2, 0.25) is 0 Å². The van der Waals surface area contributed by atoms with Crippen molar-refractivity contribution >= 4 is 11.4 Å².